The molecule has 0 bridgehead atoms. The van der Waals surface area contributed by atoms with Crippen LogP contribution in [0.15, 0.2) is 72.7 Å². The molecule has 5 nitrogen and oxygen atoms in total. The van der Waals surface area contributed by atoms with Crippen molar-refractivity contribution in [2.75, 3.05) is 0 Å². The molecule has 0 unspecified atom stereocenters. The highest BCUT2D eigenvalue weighted by Crippen LogP contribution is 2.24. The van der Waals surface area contributed by atoms with Crippen LogP contribution in [-0.2, 0) is 6.54 Å². The zero-order valence-electron chi connectivity index (χ0n) is 15.4. The van der Waals surface area contributed by atoms with Crippen molar-refractivity contribution in [3.8, 4) is 6.07 Å². The number of Topliss-reactive ketones (excluding diaryl/α,β-unsaturated/α-hetero) is 1. The van der Waals surface area contributed by atoms with Crippen molar-refractivity contribution >= 4 is 22.8 Å². The van der Waals surface area contributed by atoms with Crippen molar-refractivity contribution in [2.45, 2.75) is 13.5 Å². The molecule has 0 amide bonds. The minimum atomic E-state index is -0.293. The van der Waals surface area contributed by atoms with Crippen LogP contribution in [0.4, 0.5) is 0 Å². The molecule has 0 saturated carbocycles. The first-order valence-corrected chi connectivity index (χ1v) is 8.95. The van der Waals surface area contributed by atoms with Gasteiger partial charge in [0.1, 0.15) is 11.6 Å². The van der Waals surface area contributed by atoms with Gasteiger partial charge in [0.2, 0.25) is 5.78 Å². The third kappa shape index (κ3) is 3.36. The Bertz CT molecular complexity index is 1220. The molecule has 0 spiro atoms. The Hall–Kier alpha value is -3.91. The van der Waals surface area contributed by atoms with Gasteiger partial charge in [0.15, 0.2) is 0 Å². The standard InChI is InChI=1S/C23H18N4O/c1-16-6-5-9-21-22(16)20(13-25-21)23(28)19(11-24)10-18-12-26-27(15-18)14-17-7-3-2-4-8-17/h2-10,12-13,15,25H,14H2,1H3/b19-10+. The average molecular weight is 366 g/mol. The Morgan fingerprint density at radius 2 is 2.04 bits per heavy atom. The topological polar surface area (TPSA) is 74.5 Å². The van der Waals surface area contributed by atoms with Gasteiger partial charge in [-0.1, -0.05) is 42.5 Å². The number of carbonyl (C=O) groups excluding carboxylic acids is 1. The number of aryl methyl sites for hydroxylation is 1. The van der Waals surface area contributed by atoms with E-state index in [0.29, 0.717) is 12.1 Å². The summed E-state index contributed by atoms with van der Waals surface area (Å²) in [5.41, 5.74) is 4.33. The Morgan fingerprint density at radius 1 is 1.21 bits per heavy atom. The van der Waals surface area contributed by atoms with Gasteiger partial charge in [0.05, 0.1) is 12.7 Å². The number of fused-ring (bicyclic) bond motifs is 1. The lowest BCUT2D eigenvalue weighted by molar-refractivity contribution is 0.104. The minimum absolute atomic E-state index is 0.0865. The van der Waals surface area contributed by atoms with E-state index in [1.807, 2.05) is 67.7 Å². The summed E-state index contributed by atoms with van der Waals surface area (Å²) in [6.45, 7) is 2.59. The van der Waals surface area contributed by atoms with E-state index in [0.717, 1.165) is 27.6 Å². The van der Waals surface area contributed by atoms with Crippen LogP contribution < -0.4 is 0 Å². The van der Waals surface area contributed by atoms with Crippen LogP contribution >= 0.6 is 0 Å². The number of ketones is 1. The first-order valence-electron chi connectivity index (χ1n) is 8.95. The van der Waals surface area contributed by atoms with E-state index in [-0.39, 0.29) is 11.4 Å². The molecule has 0 aliphatic rings. The number of carbonyl (C=O) groups is 1. The first kappa shape index (κ1) is 17.5. The zero-order chi connectivity index (χ0) is 19.5. The molecular formula is C23H18N4O. The third-order valence-corrected chi connectivity index (χ3v) is 4.68. The molecule has 136 valence electrons. The molecule has 0 atom stereocenters. The van der Waals surface area contributed by atoms with Gasteiger partial charge in [-0.3, -0.25) is 9.48 Å². The molecule has 4 aromatic rings. The maximum absolute atomic E-state index is 13.0. The summed E-state index contributed by atoms with van der Waals surface area (Å²) in [5, 5.41) is 14.7. The van der Waals surface area contributed by atoms with Crippen LogP contribution in [0.3, 0.4) is 0 Å². The van der Waals surface area contributed by atoms with Crippen LogP contribution in [-0.4, -0.2) is 20.5 Å². The van der Waals surface area contributed by atoms with E-state index in [4.69, 9.17) is 0 Å². The predicted octanol–water partition coefficient (Wildman–Crippen LogP) is 4.51. The molecule has 1 N–H and O–H groups in total. The second kappa shape index (κ2) is 7.37. The van der Waals surface area contributed by atoms with Crippen molar-refractivity contribution in [3.05, 3.63) is 94.9 Å². The average Bonchev–Trinajstić information content (AvgIpc) is 3.34. The summed E-state index contributed by atoms with van der Waals surface area (Å²) in [4.78, 5) is 16.1. The second-order valence-electron chi connectivity index (χ2n) is 6.66. The lowest BCUT2D eigenvalue weighted by atomic mass is 9.99. The third-order valence-electron chi connectivity index (χ3n) is 4.68. The highest BCUT2D eigenvalue weighted by Gasteiger charge is 2.18. The normalized spacial score (nSPS) is 11.5. The Morgan fingerprint density at radius 3 is 2.82 bits per heavy atom. The Labute approximate surface area is 162 Å². The molecule has 0 aliphatic carbocycles. The molecule has 0 saturated heterocycles. The quantitative estimate of drug-likeness (QED) is 0.321. The summed E-state index contributed by atoms with van der Waals surface area (Å²) in [5.74, 6) is -0.293. The molecule has 0 radical (unpaired) electrons. The number of H-pyrrole nitrogens is 1. The van der Waals surface area contributed by atoms with Gasteiger partial charge in [0, 0.05) is 34.4 Å². The maximum Gasteiger partial charge on any atom is 0.205 e. The number of nitrogens with zero attached hydrogens (tertiary/aromatic N) is 3. The number of rotatable bonds is 5. The second-order valence-corrected chi connectivity index (χ2v) is 6.66. The van der Waals surface area contributed by atoms with Crippen molar-refractivity contribution in [1.29, 1.82) is 5.26 Å². The molecule has 28 heavy (non-hydrogen) atoms. The smallest absolute Gasteiger partial charge is 0.205 e. The number of hydrogen-bond acceptors (Lipinski definition) is 3. The van der Waals surface area contributed by atoms with Crippen molar-refractivity contribution in [3.63, 3.8) is 0 Å². The van der Waals surface area contributed by atoms with Crippen LogP contribution in [0.1, 0.15) is 27.0 Å². The highest BCUT2D eigenvalue weighted by molar-refractivity contribution is 6.20. The molecular weight excluding hydrogens is 348 g/mol. The maximum atomic E-state index is 13.0. The lowest BCUT2D eigenvalue weighted by Gasteiger charge is -2.01. The Balaban J connectivity index is 1.63. The van der Waals surface area contributed by atoms with Gasteiger partial charge in [-0.15, -0.1) is 0 Å². The number of hydrogen-bond donors (Lipinski definition) is 1. The molecule has 2 heterocycles. The molecule has 5 heteroatoms. The molecule has 0 fully saturated rings. The SMILES string of the molecule is Cc1cccc2[nH]cc(C(=O)/C(C#N)=C/c3cnn(Cc4ccccc4)c3)c12. The van der Waals surface area contributed by atoms with Gasteiger partial charge >= 0.3 is 0 Å². The van der Waals surface area contributed by atoms with Crippen LogP contribution in [0.5, 0.6) is 0 Å². The summed E-state index contributed by atoms with van der Waals surface area (Å²) in [6, 6.07) is 17.8. The van der Waals surface area contributed by atoms with E-state index in [1.54, 1.807) is 23.2 Å². The summed E-state index contributed by atoms with van der Waals surface area (Å²) >= 11 is 0. The summed E-state index contributed by atoms with van der Waals surface area (Å²) < 4.78 is 1.79. The monoisotopic (exact) mass is 366 g/mol. The number of nitriles is 1. The van der Waals surface area contributed by atoms with Gasteiger partial charge in [0.25, 0.3) is 0 Å². The number of allylic oxidation sites excluding steroid dienone is 1. The highest BCUT2D eigenvalue weighted by atomic mass is 16.1. The van der Waals surface area contributed by atoms with Crippen LogP contribution in [0.25, 0.3) is 17.0 Å². The minimum Gasteiger partial charge on any atom is -0.360 e. The fraction of sp³-hybridized carbons (Fsp3) is 0.0870. The number of aromatic amines is 1. The van der Waals surface area contributed by atoms with Crippen molar-refractivity contribution < 1.29 is 4.79 Å². The van der Waals surface area contributed by atoms with E-state index in [1.165, 1.54) is 0 Å². The van der Waals surface area contributed by atoms with Gasteiger partial charge < -0.3 is 4.98 Å². The predicted molar refractivity (Wildman–Crippen MR) is 109 cm³/mol. The largest absolute Gasteiger partial charge is 0.360 e. The van der Waals surface area contributed by atoms with E-state index < -0.39 is 0 Å². The fourth-order valence-corrected chi connectivity index (χ4v) is 3.32. The lowest BCUT2D eigenvalue weighted by Crippen LogP contribution is -2.01. The van der Waals surface area contributed by atoms with Crippen LogP contribution in [0, 0.1) is 18.3 Å². The van der Waals surface area contributed by atoms with Crippen molar-refractivity contribution in [2.24, 2.45) is 0 Å². The summed E-state index contributed by atoms with van der Waals surface area (Å²) in [7, 11) is 0. The van der Waals surface area contributed by atoms with Crippen LogP contribution in [0.2, 0.25) is 0 Å². The summed E-state index contributed by atoms with van der Waals surface area (Å²) in [6.07, 6.45) is 6.75. The van der Waals surface area contributed by atoms with Crippen molar-refractivity contribution in [1.82, 2.24) is 14.8 Å². The molecule has 2 aromatic heterocycles. The first-order chi connectivity index (χ1) is 13.7. The van der Waals surface area contributed by atoms with E-state index in [2.05, 4.69) is 10.1 Å². The molecule has 4 rings (SSSR count). The molecule has 2 aromatic carbocycles. The Kier molecular flexibility index (Phi) is 4.61. The zero-order valence-corrected chi connectivity index (χ0v) is 15.4. The van der Waals surface area contributed by atoms with Gasteiger partial charge in [-0.2, -0.15) is 10.4 Å². The van der Waals surface area contributed by atoms with Gasteiger partial charge in [-0.25, -0.2) is 0 Å². The fourth-order valence-electron chi connectivity index (χ4n) is 3.32. The van der Waals surface area contributed by atoms with E-state index >= 15 is 0 Å². The van der Waals surface area contributed by atoms with E-state index in [9.17, 15) is 10.1 Å². The number of benzene rings is 2. The number of aromatic nitrogens is 3. The van der Waals surface area contributed by atoms with Gasteiger partial charge in [-0.05, 0) is 30.2 Å². The molecule has 0 aliphatic heterocycles. The number of nitrogens with one attached hydrogen (secondary N) is 1.